The Morgan fingerprint density at radius 2 is 2.18 bits per heavy atom. The van der Waals surface area contributed by atoms with E-state index in [0.717, 1.165) is 59.1 Å². The molecule has 0 spiro atoms. The minimum atomic E-state index is -0.276. The summed E-state index contributed by atoms with van der Waals surface area (Å²) in [5.74, 6) is 1.71. The molecule has 2 unspecified atom stereocenters. The van der Waals surface area contributed by atoms with Crippen LogP contribution in [0.4, 0.5) is 15.9 Å². The predicted octanol–water partition coefficient (Wildman–Crippen LogP) is 3.76. The third-order valence-electron chi connectivity index (χ3n) is 7.42. The van der Waals surface area contributed by atoms with Gasteiger partial charge in [0.2, 0.25) is 0 Å². The van der Waals surface area contributed by atoms with Gasteiger partial charge in [0, 0.05) is 48.9 Å². The lowest BCUT2D eigenvalue weighted by Crippen LogP contribution is -2.29. The zero-order valence-electron chi connectivity index (χ0n) is 18.9. The molecule has 170 valence electrons. The lowest BCUT2D eigenvalue weighted by molar-refractivity contribution is 0.437. The number of pyridine rings is 1. The van der Waals surface area contributed by atoms with Crippen molar-refractivity contribution in [3.05, 3.63) is 53.2 Å². The molecule has 0 bridgehead atoms. The number of piperidine rings is 1. The number of nitrogens with two attached hydrogens (primary N) is 1. The maximum atomic E-state index is 14.5. The second-order valence-corrected chi connectivity index (χ2v) is 9.35. The minimum absolute atomic E-state index is 0.179. The van der Waals surface area contributed by atoms with Crippen LogP contribution in [0.3, 0.4) is 0 Å². The van der Waals surface area contributed by atoms with Crippen LogP contribution in [0.1, 0.15) is 30.3 Å². The number of fused-ring (bicyclic) bond motifs is 4. The Hall–Kier alpha value is -3.26. The molecule has 2 atom stereocenters. The van der Waals surface area contributed by atoms with Crippen molar-refractivity contribution in [3.8, 4) is 22.9 Å². The van der Waals surface area contributed by atoms with Crippen LogP contribution in [0.2, 0.25) is 0 Å². The molecule has 7 nitrogen and oxygen atoms in total. The monoisotopic (exact) mass is 446 g/mol. The first-order chi connectivity index (χ1) is 16.0. The van der Waals surface area contributed by atoms with E-state index in [1.807, 2.05) is 19.2 Å². The van der Waals surface area contributed by atoms with Crippen molar-refractivity contribution in [1.82, 2.24) is 15.0 Å². The van der Waals surface area contributed by atoms with E-state index in [4.69, 9.17) is 20.4 Å². The SMILES string of the molecule is CCc1ccc(Oc2nc3c(c(N4CC5CC5(CN)C4)n2)-c2cc(F)cc(NC)c2C3)cn1. The number of benzene rings is 1. The average molecular weight is 447 g/mol. The highest BCUT2D eigenvalue weighted by Crippen LogP contribution is 2.58. The van der Waals surface area contributed by atoms with E-state index in [2.05, 4.69) is 22.1 Å². The molecule has 1 aliphatic heterocycles. The van der Waals surface area contributed by atoms with Crippen molar-refractivity contribution in [2.75, 3.05) is 36.9 Å². The van der Waals surface area contributed by atoms with E-state index < -0.39 is 0 Å². The quantitative estimate of drug-likeness (QED) is 0.466. The van der Waals surface area contributed by atoms with Crippen LogP contribution in [0, 0.1) is 17.2 Å². The molecule has 0 radical (unpaired) electrons. The van der Waals surface area contributed by atoms with Crippen LogP contribution in [0.25, 0.3) is 11.1 Å². The van der Waals surface area contributed by atoms with E-state index in [1.54, 1.807) is 12.3 Å². The van der Waals surface area contributed by atoms with Gasteiger partial charge in [0.1, 0.15) is 17.4 Å². The summed E-state index contributed by atoms with van der Waals surface area (Å²) >= 11 is 0. The zero-order chi connectivity index (χ0) is 22.7. The van der Waals surface area contributed by atoms with Gasteiger partial charge >= 0.3 is 6.01 Å². The average Bonchev–Trinajstić information content (AvgIpc) is 3.19. The van der Waals surface area contributed by atoms with Crippen molar-refractivity contribution in [2.24, 2.45) is 17.1 Å². The van der Waals surface area contributed by atoms with Gasteiger partial charge in [0.25, 0.3) is 0 Å². The van der Waals surface area contributed by atoms with E-state index in [-0.39, 0.29) is 17.2 Å². The molecular formula is C25H27FN6O. The van der Waals surface area contributed by atoms with Gasteiger partial charge in [-0.2, -0.15) is 9.97 Å². The Labute approximate surface area is 192 Å². The molecule has 0 amide bonds. The largest absolute Gasteiger partial charge is 0.423 e. The summed E-state index contributed by atoms with van der Waals surface area (Å²) in [6.07, 6.45) is 4.33. The van der Waals surface area contributed by atoms with Crippen LogP contribution >= 0.6 is 0 Å². The van der Waals surface area contributed by atoms with Gasteiger partial charge in [0.15, 0.2) is 0 Å². The summed E-state index contributed by atoms with van der Waals surface area (Å²) in [5.41, 5.74) is 11.7. The van der Waals surface area contributed by atoms with Crippen molar-refractivity contribution in [2.45, 2.75) is 26.2 Å². The van der Waals surface area contributed by atoms with Gasteiger partial charge in [-0.1, -0.05) is 6.92 Å². The van der Waals surface area contributed by atoms with Crippen molar-refractivity contribution < 1.29 is 9.13 Å². The van der Waals surface area contributed by atoms with Crippen molar-refractivity contribution in [3.63, 3.8) is 0 Å². The molecule has 3 aromatic rings. The van der Waals surface area contributed by atoms with Gasteiger partial charge < -0.3 is 20.7 Å². The predicted molar refractivity (Wildman–Crippen MR) is 125 cm³/mol. The number of nitrogens with one attached hydrogen (secondary N) is 1. The van der Waals surface area contributed by atoms with E-state index in [9.17, 15) is 4.39 Å². The summed E-state index contributed by atoms with van der Waals surface area (Å²) in [7, 11) is 1.81. The molecule has 8 heteroatoms. The number of nitrogens with zero attached hydrogens (tertiary/aromatic N) is 4. The molecule has 3 N–H and O–H groups in total. The number of anilines is 2. The molecule has 2 aromatic heterocycles. The Morgan fingerprint density at radius 1 is 1.30 bits per heavy atom. The highest BCUT2D eigenvalue weighted by Gasteiger charge is 2.59. The fraction of sp³-hybridized carbons (Fsp3) is 0.400. The summed E-state index contributed by atoms with van der Waals surface area (Å²) < 4.78 is 20.5. The van der Waals surface area contributed by atoms with Crippen LogP contribution in [0.5, 0.6) is 11.8 Å². The summed E-state index contributed by atoms with van der Waals surface area (Å²) in [6.45, 7) is 4.49. The number of hydrogen-bond donors (Lipinski definition) is 2. The summed E-state index contributed by atoms with van der Waals surface area (Å²) in [5, 5.41) is 3.13. The molecule has 1 saturated carbocycles. The standard InChI is InChI=1S/C25H27FN6O/c1-3-16-4-5-17(10-29-16)33-24-30-21-8-18-19(6-15(26)7-20(18)28-2)22(21)23(31-24)32-11-14-9-25(14,12-27)13-32/h4-7,10,14,28H,3,8-9,11-13,27H2,1-2H3. The second-order valence-electron chi connectivity index (χ2n) is 9.35. The molecule has 2 aliphatic carbocycles. The van der Waals surface area contributed by atoms with Crippen molar-refractivity contribution in [1.29, 1.82) is 0 Å². The third kappa shape index (κ3) is 3.23. The minimum Gasteiger partial charge on any atom is -0.423 e. The number of aromatic nitrogens is 3. The van der Waals surface area contributed by atoms with E-state index in [1.165, 1.54) is 12.5 Å². The molecular weight excluding hydrogens is 419 g/mol. The molecule has 3 aliphatic rings. The Kier molecular flexibility index (Phi) is 4.55. The number of hydrogen-bond acceptors (Lipinski definition) is 7. The zero-order valence-corrected chi connectivity index (χ0v) is 18.9. The maximum Gasteiger partial charge on any atom is 0.324 e. The number of rotatable bonds is 6. The molecule has 33 heavy (non-hydrogen) atoms. The van der Waals surface area contributed by atoms with E-state index >= 15 is 0 Å². The lowest BCUT2D eigenvalue weighted by Gasteiger charge is -2.24. The van der Waals surface area contributed by atoms with Crippen LogP contribution in [0.15, 0.2) is 30.5 Å². The topological polar surface area (TPSA) is 89.2 Å². The molecule has 2 fully saturated rings. The third-order valence-corrected chi connectivity index (χ3v) is 7.42. The molecule has 6 rings (SSSR count). The van der Waals surface area contributed by atoms with Crippen LogP contribution in [-0.4, -0.2) is 41.6 Å². The first-order valence-electron chi connectivity index (χ1n) is 11.5. The summed E-state index contributed by atoms with van der Waals surface area (Å²) in [6, 6.07) is 7.25. The Balaban J connectivity index is 1.44. The Bertz CT molecular complexity index is 1240. The smallest absolute Gasteiger partial charge is 0.324 e. The molecule has 1 aromatic carbocycles. The van der Waals surface area contributed by atoms with Gasteiger partial charge in [-0.05, 0) is 60.7 Å². The second kappa shape index (κ2) is 7.38. The van der Waals surface area contributed by atoms with Crippen LogP contribution in [-0.2, 0) is 12.8 Å². The highest BCUT2D eigenvalue weighted by atomic mass is 19.1. The molecule has 3 heterocycles. The fourth-order valence-electron chi connectivity index (χ4n) is 5.45. The maximum absolute atomic E-state index is 14.5. The number of ether oxygens (including phenoxy) is 1. The first kappa shape index (κ1) is 20.4. The van der Waals surface area contributed by atoms with Gasteiger partial charge in [0.05, 0.1) is 11.9 Å². The summed E-state index contributed by atoms with van der Waals surface area (Å²) in [4.78, 5) is 16.3. The Morgan fingerprint density at radius 3 is 2.88 bits per heavy atom. The van der Waals surface area contributed by atoms with Crippen molar-refractivity contribution >= 4 is 11.5 Å². The lowest BCUT2D eigenvalue weighted by atomic mass is 10.0. The highest BCUT2D eigenvalue weighted by molar-refractivity contribution is 5.88. The first-order valence-corrected chi connectivity index (χ1v) is 11.5. The van der Waals surface area contributed by atoms with Gasteiger partial charge in [-0.15, -0.1) is 0 Å². The fourth-order valence-corrected chi connectivity index (χ4v) is 5.45. The van der Waals surface area contributed by atoms with Crippen LogP contribution < -0.4 is 20.7 Å². The molecule has 1 saturated heterocycles. The van der Waals surface area contributed by atoms with Gasteiger partial charge in [-0.25, -0.2) is 4.39 Å². The normalized spacial score (nSPS) is 22.1. The number of halogens is 1. The van der Waals surface area contributed by atoms with E-state index in [0.29, 0.717) is 24.6 Å². The van der Waals surface area contributed by atoms with Gasteiger partial charge in [-0.3, -0.25) is 4.98 Å². The number of aryl methyl sites for hydroxylation is 1.